The monoisotopic (exact) mass is 297 g/mol. The van der Waals surface area contributed by atoms with Crippen LogP contribution in [0, 0.1) is 0 Å². The highest BCUT2D eigenvalue weighted by Crippen LogP contribution is 2.25. The Morgan fingerprint density at radius 3 is 2.80 bits per heavy atom. The zero-order chi connectivity index (χ0) is 14.8. The molecule has 0 radical (unpaired) electrons. The molecule has 1 aliphatic rings. The van der Waals surface area contributed by atoms with Crippen molar-refractivity contribution in [3.8, 4) is 0 Å². The summed E-state index contributed by atoms with van der Waals surface area (Å²) in [4.78, 5) is 11.6. The maximum Gasteiger partial charge on any atom is 0.240 e. The molecule has 1 saturated heterocycles. The molecule has 1 amide bonds. The van der Waals surface area contributed by atoms with Crippen LogP contribution in [0.2, 0.25) is 0 Å². The van der Waals surface area contributed by atoms with Crippen molar-refractivity contribution >= 4 is 27.3 Å². The fraction of sp³-hybridized carbons (Fsp3) is 0.462. The fourth-order valence-electron chi connectivity index (χ4n) is 2.07. The van der Waals surface area contributed by atoms with Crippen LogP contribution in [0.25, 0.3) is 0 Å². The third-order valence-corrected chi connectivity index (χ3v) is 5.03. The van der Waals surface area contributed by atoms with Crippen molar-refractivity contribution in [1.82, 2.24) is 0 Å². The number of rotatable bonds is 3. The second-order valence-corrected chi connectivity index (χ2v) is 6.94. The molecule has 0 spiro atoms. The van der Waals surface area contributed by atoms with Gasteiger partial charge in [-0.3, -0.25) is 9.10 Å². The van der Waals surface area contributed by atoms with Gasteiger partial charge in [0, 0.05) is 12.2 Å². The molecule has 1 aromatic rings. The van der Waals surface area contributed by atoms with Crippen LogP contribution in [0.4, 0.5) is 11.4 Å². The number of nitrogens with zero attached hydrogens (tertiary/aromatic N) is 1. The van der Waals surface area contributed by atoms with E-state index in [1.807, 2.05) is 0 Å². The van der Waals surface area contributed by atoms with Crippen LogP contribution in [-0.2, 0) is 14.8 Å². The van der Waals surface area contributed by atoms with E-state index in [0.717, 1.165) is 6.42 Å². The Morgan fingerprint density at radius 1 is 1.40 bits per heavy atom. The lowest BCUT2D eigenvalue weighted by atomic mass is 10.2. The van der Waals surface area contributed by atoms with Gasteiger partial charge in [-0.15, -0.1) is 0 Å². The number of sulfonamides is 1. The summed E-state index contributed by atoms with van der Waals surface area (Å²) in [6, 6.07) is 6.20. The molecule has 1 fully saturated rings. The molecule has 1 aliphatic heterocycles. The highest BCUT2D eigenvalue weighted by Gasteiger charge is 2.26. The minimum Gasteiger partial charge on any atom is -0.325 e. The third-order valence-electron chi connectivity index (χ3n) is 3.16. The summed E-state index contributed by atoms with van der Waals surface area (Å²) in [5.41, 5.74) is 6.61. The van der Waals surface area contributed by atoms with E-state index in [9.17, 15) is 13.2 Å². The van der Waals surface area contributed by atoms with E-state index in [1.54, 1.807) is 31.2 Å². The number of benzene rings is 1. The maximum atomic E-state index is 12.0. The normalized spacial score (nSPS) is 19.4. The van der Waals surface area contributed by atoms with E-state index < -0.39 is 16.1 Å². The molecule has 2 rings (SSSR count). The average Bonchev–Trinajstić information content (AvgIpc) is 2.38. The Kier molecular flexibility index (Phi) is 4.29. The Labute approximate surface area is 119 Å². The molecule has 0 saturated carbocycles. The number of carbonyl (C=O) groups is 1. The first-order valence-electron chi connectivity index (χ1n) is 6.57. The number of amides is 1. The lowest BCUT2D eigenvalue weighted by Gasteiger charge is -2.28. The quantitative estimate of drug-likeness (QED) is 0.867. The van der Waals surface area contributed by atoms with E-state index in [2.05, 4.69) is 5.32 Å². The second-order valence-electron chi connectivity index (χ2n) is 4.92. The Balaban J connectivity index is 2.23. The zero-order valence-electron chi connectivity index (χ0n) is 11.4. The molecule has 1 heterocycles. The molecule has 0 bridgehead atoms. The first kappa shape index (κ1) is 14.8. The van der Waals surface area contributed by atoms with Gasteiger partial charge in [-0.25, -0.2) is 8.42 Å². The van der Waals surface area contributed by atoms with Crippen LogP contribution in [0.15, 0.2) is 24.3 Å². The molecule has 3 N–H and O–H groups in total. The molecule has 110 valence electrons. The largest absolute Gasteiger partial charge is 0.325 e. The molecule has 20 heavy (non-hydrogen) atoms. The summed E-state index contributed by atoms with van der Waals surface area (Å²) >= 11 is 0. The van der Waals surface area contributed by atoms with Crippen molar-refractivity contribution < 1.29 is 13.2 Å². The van der Waals surface area contributed by atoms with Crippen LogP contribution in [0.3, 0.4) is 0 Å². The van der Waals surface area contributed by atoms with Gasteiger partial charge in [0.15, 0.2) is 0 Å². The van der Waals surface area contributed by atoms with Gasteiger partial charge < -0.3 is 11.1 Å². The minimum atomic E-state index is -3.24. The summed E-state index contributed by atoms with van der Waals surface area (Å²) in [6.45, 7) is 2.07. The van der Waals surface area contributed by atoms with Gasteiger partial charge in [0.25, 0.3) is 0 Å². The van der Waals surface area contributed by atoms with Gasteiger partial charge in [-0.2, -0.15) is 0 Å². The van der Waals surface area contributed by atoms with E-state index >= 15 is 0 Å². The van der Waals surface area contributed by atoms with Crippen molar-refractivity contribution in [2.45, 2.75) is 25.8 Å². The number of anilines is 2. The van der Waals surface area contributed by atoms with Gasteiger partial charge in [0.2, 0.25) is 15.9 Å². The van der Waals surface area contributed by atoms with Crippen LogP contribution in [0.5, 0.6) is 0 Å². The zero-order valence-corrected chi connectivity index (χ0v) is 12.2. The van der Waals surface area contributed by atoms with Gasteiger partial charge in [-0.1, -0.05) is 6.07 Å². The summed E-state index contributed by atoms with van der Waals surface area (Å²) in [5, 5.41) is 2.66. The van der Waals surface area contributed by atoms with Crippen molar-refractivity contribution in [3.63, 3.8) is 0 Å². The number of nitrogens with two attached hydrogens (primary N) is 1. The molecular weight excluding hydrogens is 278 g/mol. The maximum absolute atomic E-state index is 12.0. The SMILES string of the molecule is C[C@H](N)C(=O)Nc1cccc(N2CCCCS2(=O)=O)c1. The Morgan fingerprint density at radius 2 is 2.15 bits per heavy atom. The Bertz CT molecular complexity index is 599. The number of hydrogen-bond acceptors (Lipinski definition) is 4. The standard InChI is InChI=1S/C13H19N3O3S/c1-10(14)13(17)15-11-5-4-6-12(9-11)16-7-2-3-8-20(16,18)19/h4-6,9-10H,2-3,7-8,14H2,1H3,(H,15,17)/t10-/m0/s1. The number of nitrogens with one attached hydrogen (secondary N) is 1. The van der Waals surface area contributed by atoms with E-state index in [-0.39, 0.29) is 11.7 Å². The first-order valence-corrected chi connectivity index (χ1v) is 8.18. The smallest absolute Gasteiger partial charge is 0.240 e. The lowest BCUT2D eigenvalue weighted by molar-refractivity contribution is -0.117. The predicted octanol–water partition coefficient (Wildman–Crippen LogP) is 0.902. The van der Waals surface area contributed by atoms with E-state index in [0.29, 0.717) is 24.3 Å². The first-order chi connectivity index (χ1) is 9.40. The van der Waals surface area contributed by atoms with Crippen molar-refractivity contribution in [3.05, 3.63) is 24.3 Å². The van der Waals surface area contributed by atoms with Crippen molar-refractivity contribution in [2.24, 2.45) is 5.73 Å². The average molecular weight is 297 g/mol. The highest BCUT2D eigenvalue weighted by molar-refractivity contribution is 7.92. The van der Waals surface area contributed by atoms with Crippen molar-refractivity contribution in [1.29, 1.82) is 0 Å². The second kappa shape index (κ2) is 5.80. The summed E-state index contributed by atoms with van der Waals surface area (Å²) in [5.74, 6) is -0.132. The van der Waals surface area contributed by atoms with Crippen LogP contribution in [0.1, 0.15) is 19.8 Å². The van der Waals surface area contributed by atoms with Crippen LogP contribution < -0.4 is 15.4 Å². The van der Waals surface area contributed by atoms with Crippen LogP contribution in [-0.4, -0.2) is 32.7 Å². The highest BCUT2D eigenvalue weighted by atomic mass is 32.2. The summed E-state index contributed by atoms with van der Waals surface area (Å²) < 4.78 is 25.5. The van der Waals surface area contributed by atoms with Gasteiger partial charge >= 0.3 is 0 Å². The van der Waals surface area contributed by atoms with Crippen molar-refractivity contribution in [2.75, 3.05) is 21.9 Å². The molecule has 0 aliphatic carbocycles. The molecule has 1 atom stereocenters. The van der Waals surface area contributed by atoms with Gasteiger partial charge in [0.1, 0.15) is 0 Å². The molecule has 0 aromatic heterocycles. The number of hydrogen-bond donors (Lipinski definition) is 2. The topological polar surface area (TPSA) is 92.5 Å². The van der Waals surface area contributed by atoms with Crippen LogP contribution >= 0.6 is 0 Å². The number of carbonyl (C=O) groups excluding carboxylic acids is 1. The Hall–Kier alpha value is -1.60. The molecule has 6 nitrogen and oxygen atoms in total. The minimum absolute atomic E-state index is 0.170. The summed E-state index contributed by atoms with van der Waals surface area (Å²) in [6.07, 6.45) is 1.54. The van der Waals surface area contributed by atoms with E-state index in [1.165, 1.54) is 4.31 Å². The third kappa shape index (κ3) is 3.29. The predicted molar refractivity (Wildman–Crippen MR) is 79.1 cm³/mol. The fourth-order valence-corrected chi connectivity index (χ4v) is 3.71. The van der Waals surface area contributed by atoms with E-state index in [4.69, 9.17) is 5.73 Å². The lowest BCUT2D eigenvalue weighted by Crippen LogP contribution is -2.38. The molecule has 0 unspecified atom stereocenters. The molecule has 1 aromatic carbocycles. The van der Waals surface area contributed by atoms with Gasteiger partial charge in [-0.05, 0) is 38.0 Å². The van der Waals surface area contributed by atoms with Gasteiger partial charge in [0.05, 0.1) is 17.5 Å². The molecular formula is C13H19N3O3S. The summed E-state index contributed by atoms with van der Waals surface area (Å²) in [7, 11) is -3.24. The molecule has 7 heteroatoms.